The van der Waals surface area contributed by atoms with Gasteiger partial charge in [0.05, 0.1) is 11.3 Å². The lowest BCUT2D eigenvalue weighted by molar-refractivity contribution is -0.131. The maximum absolute atomic E-state index is 12.5. The van der Waals surface area contributed by atoms with Gasteiger partial charge in [-0.1, -0.05) is 24.2 Å². The van der Waals surface area contributed by atoms with Crippen LogP contribution in [0.2, 0.25) is 0 Å². The van der Waals surface area contributed by atoms with Crippen LogP contribution in [0, 0.1) is 6.92 Å². The van der Waals surface area contributed by atoms with Crippen LogP contribution >= 0.6 is 0 Å². The monoisotopic (exact) mass is 392 g/mol. The number of piperidine rings is 1. The Morgan fingerprint density at radius 1 is 1.26 bits per heavy atom. The third-order valence-electron chi connectivity index (χ3n) is 4.66. The van der Waals surface area contributed by atoms with Gasteiger partial charge in [-0.3, -0.25) is 4.79 Å². The van der Waals surface area contributed by atoms with Crippen molar-refractivity contribution in [2.24, 2.45) is 0 Å². The topological polar surface area (TPSA) is 105 Å². The van der Waals surface area contributed by atoms with Crippen LogP contribution in [0.4, 0.5) is 0 Å². The van der Waals surface area contributed by atoms with Crippen molar-refractivity contribution < 1.29 is 17.7 Å². The number of sulfonamides is 1. The number of aryl methyl sites for hydroxylation is 1. The van der Waals surface area contributed by atoms with Crippen LogP contribution in [0.5, 0.6) is 0 Å². The SMILES string of the molecule is CCNS(=O)(=O)c1ccc(CC(=O)N2CCC(c3nc(C)no3)CC2)cc1. The molecular formula is C18H24N4O4S. The van der Waals surface area contributed by atoms with Gasteiger partial charge in [-0.25, -0.2) is 13.1 Å². The normalized spacial score (nSPS) is 15.9. The van der Waals surface area contributed by atoms with E-state index in [4.69, 9.17) is 4.52 Å². The van der Waals surface area contributed by atoms with E-state index in [-0.39, 0.29) is 23.1 Å². The molecule has 1 aliphatic rings. The fourth-order valence-corrected chi connectivity index (χ4v) is 4.24. The molecule has 3 rings (SSSR count). The molecule has 146 valence electrons. The van der Waals surface area contributed by atoms with Gasteiger partial charge in [-0.15, -0.1) is 0 Å². The number of hydrogen-bond donors (Lipinski definition) is 1. The molecule has 0 atom stereocenters. The summed E-state index contributed by atoms with van der Waals surface area (Å²) in [5, 5.41) is 3.82. The summed E-state index contributed by atoms with van der Waals surface area (Å²) in [6.07, 6.45) is 1.85. The third kappa shape index (κ3) is 4.72. The summed E-state index contributed by atoms with van der Waals surface area (Å²) in [6, 6.07) is 6.45. The van der Waals surface area contributed by atoms with Crippen molar-refractivity contribution in [2.45, 2.75) is 43.9 Å². The van der Waals surface area contributed by atoms with Gasteiger partial charge in [0, 0.05) is 25.6 Å². The molecule has 0 unspecified atom stereocenters. The quantitative estimate of drug-likeness (QED) is 0.801. The number of aromatic nitrogens is 2. The fourth-order valence-electron chi connectivity index (χ4n) is 3.20. The maximum atomic E-state index is 12.5. The lowest BCUT2D eigenvalue weighted by Gasteiger charge is -2.30. The molecule has 0 saturated carbocycles. The van der Waals surface area contributed by atoms with Crippen molar-refractivity contribution in [1.29, 1.82) is 0 Å². The van der Waals surface area contributed by atoms with Crippen LogP contribution < -0.4 is 4.72 Å². The predicted molar refractivity (Wildman–Crippen MR) is 98.6 cm³/mol. The zero-order valence-electron chi connectivity index (χ0n) is 15.5. The average molecular weight is 392 g/mol. The minimum Gasteiger partial charge on any atom is -0.342 e. The molecule has 2 heterocycles. The lowest BCUT2D eigenvalue weighted by Crippen LogP contribution is -2.38. The van der Waals surface area contributed by atoms with Crippen molar-refractivity contribution in [3.05, 3.63) is 41.5 Å². The number of nitrogens with zero attached hydrogens (tertiary/aromatic N) is 3. The number of benzene rings is 1. The number of carbonyl (C=O) groups excluding carboxylic acids is 1. The molecule has 0 spiro atoms. The van der Waals surface area contributed by atoms with Crippen molar-refractivity contribution in [1.82, 2.24) is 19.8 Å². The number of carbonyl (C=O) groups is 1. The first-order valence-electron chi connectivity index (χ1n) is 9.05. The van der Waals surface area contributed by atoms with Crippen molar-refractivity contribution >= 4 is 15.9 Å². The van der Waals surface area contributed by atoms with Crippen LogP contribution in [0.3, 0.4) is 0 Å². The zero-order valence-corrected chi connectivity index (χ0v) is 16.3. The van der Waals surface area contributed by atoms with E-state index in [2.05, 4.69) is 14.9 Å². The molecule has 1 aliphatic heterocycles. The highest BCUT2D eigenvalue weighted by atomic mass is 32.2. The van der Waals surface area contributed by atoms with Crippen LogP contribution in [-0.4, -0.2) is 49.0 Å². The molecule has 8 nitrogen and oxygen atoms in total. The first-order chi connectivity index (χ1) is 12.9. The summed E-state index contributed by atoms with van der Waals surface area (Å²) < 4.78 is 31.6. The fraction of sp³-hybridized carbons (Fsp3) is 0.500. The van der Waals surface area contributed by atoms with Crippen molar-refractivity contribution in [2.75, 3.05) is 19.6 Å². The molecule has 1 saturated heterocycles. The van der Waals surface area contributed by atoms with Gasteiger partial charge >= 0.3 is 0 Å². The Balaban J connectivity index is 1.55. The minimum atomic E-state index is -3.47. The van der Waals surface area contributed by atoms with E-state index in [1.165, 1.54) is 12.1 Å². The number of rotatable bonds is 6. The summed E-state index contributed by atoms with van der Waals surface area (Å²) in [6.45, 7) is 5.16. The number of hydrogen-bond acceptors (Lipinski definition) is 6. The van der Waals surface area contributed by atoms with Gasteiger partial charge in [-0.05, 0) is 37.5 Å². The van der Waals surface area contributed by atoms with Crippen molar-refractivity contribution in [3.63, 3.8) is 0 Å². The maximum Gasteiger partial charge on any atom is 0.240 e. The molecule has 9 heteroatoms. The van der Waals surface area contributed by atoms with Crippen LogP contribution in [0.25, 0.3) is 0 Å². The highest BCUT2D eigenvalue weighted by molar-refractivity contribution is 7.89. The van der Waals surface area contributed by atoms with Crippen LogP contribution in [0.15, 0.2) is 33.7 Å². The van der Waals surface area contributed by atoms with Gasteiger partial charge in [-0.2, -0.15) is 4.98 Å². The molecule has 1 aromatic heterocycles. The van der Waals surface area contributed by atoms with E-state index in [0.29, 0.717) is 31.3 Å². The predicted octanol–water partition coefficient (Wildman–Crippen LogP) is 1.62. The minimum absolute atomic E-state index is 0.0393. The van der Waals surface area contributed by atoms with E-state index in [1.807, 2.05) is 4.90 Å². The smallest absolute Gasteiger partial charge is 0.240 e. The van der Waals surface area contributed by atoms with Crippen molar-refractivity contribution in [3.8, 4) is 0 Å². The summed E-state index contributed by atoms with van der Waals surface area (Å²) in [5.41, 5.74) is 0.796. The summed E-state index contributed by atoms with van der Waals surface area (Å²) in [5.74, 6) is 1.52. The number of nitrogens with one attached hydrogen (secondary N) is 1. The van der Waals surface area contributed by atoms with Gasteiger partial charge < -0.3 is 9.42 Å². The van der Waals surface area contributed by atoms with Gasteiger partial charge in [0.25, 0.3) is 0 Å². The molecule has 1 N–H and O–H groups in total. The van der Waals surface area contributed by atoms with E-state index in [9.17, 15) is 13.2 Å². The molecule has 1 aromatic carbocycles. The zero-order chi connectivity index (χ0) is 19.4. The van der Waals surface area contributed by atoms with Gasteiger partial charge in [0.2, 0.25) is 21.8 Å². The molecule has 27 heavy (non-hydrogen) atoms. The van der Waals surface area contributed by atoms with E-state index >= 15 is 0 Å². The highest BCUT2D eigenvalue weighted by Crippen LogP contribution is 2.27. The van der Waals surface area contributed by atoms with Crippen LogP contribution in [0.1, 0.15) is 43.0 Å². The molecule has 1 amide bonds. The summed E-state index contributed by atoms with van der Waals surface area (Å²) in [4.78, 5) is 18.9. The van der Waals surface area contributed by atoms with Gasteiger partial charge in [0.15, 0.2) is 5.82 Å². The highest BCUT2D eigenvalue weighted by Gasteiger charge is 2.27. The summed E-state index contributed by atoms with van der Waals surface area (Å²) in [7, 11) is -3.47. The van der Waals surface area contributed by atoms with Gasteiger partial charge in [0.1, 0.15) is 0 Å². The first kappa shape index (κ1) is 19.5. The molecule has 0 aliphatic carbocycles. The average Bonchev–Trinajstić information content (AvgIpc) is 3.09. The second-order valence-corrected chi connectivity index (χ2v) is 8.42. The Hall–Kier alpha value is -2.26. The third-order valence-corrected chi connectivity index (χ3v) is 6.23. The Morgan fingerprint density at radius 3 is 2.48 bits per heavy atom. The Morgan fingerprint density at radius 2 is 1.93 bits per heavy atom. The molecule has 0 radical (unpaired) electrons. The van der Waals surface area contributed by atoms with E-state index < -0.39 is 10.0 Å². The lowest BCUT2D eigenvalue weighted by atomic mass is 9.96. The largest absolute Gasteiger partial charge is 0.342 e. The van der Waals surface area contributed by atoms with E-state index in [1.54, 1.807) is 26.0 Å². The molecular weight excluding hydrogens is 368 g/mol. The van der Waals surface area contributed by atoms with Crippen LogP contribution in [-0.2, 0) is 21.2 Å². The Labute approximate surface area is 159 Å². The standard InChI is InChI=1S/C18H24N4O4S/c1-3-19-27(24,25)16-6-4-14(5-7-16)12-17(23)22-10-8-15(9-11-22)18-20-13(2)21-26-18/h4-7,15,19H,3,8-12H2,1-2H3. The second-order valence-electron chi connectivity index (χ2n) is 6.66. The Bertz CT molecular complexity index is 884. The van der Waals surface area contributed by atoms with E-state index in [0.717, 1.165) is 18.4 Å². The molecule has 0 bridgehead atoms. The number of likely N-dealkylation sites (tertiary alicyclic amines) is 1. The Kier molecular flexibility index (Phi) is 5.91. The first-order valence-corrected chi connectivity index (χ1v) is 10.5. The summed E-state index contributed by atoms with van der Waals surface area (Å²) >= 11 is 0. The molecule has 2 aromatic rings. The number of amides is 1. The molecule has 1 fully saturated rings. The second kappa shape index (κ2) is 8.18.